The first-order valence-corrected chi connectivity index (χ1v) is 10.9. The maximum Gasteiger partial charge on any atom is 0.237 e. The van der Waals surface area contributed by atoms with Crippen molar-refractivity contribution < 1.29 is 9.53 Å². The van der Waals surface area contributed by atoms with Crippen LogP contribution in [0, 0.1) is 0 Å². The quantitative estimate of drug-likeness (QED) is 0.485. The second-order valence-corrected chi connectivity index (χ2v) is 8.48. The summed E-state index contributed by atoms with van der Waals surface area (Å²) in [5, 5.41) is 3.68. The van der Waals surface area contributed by atoms with E-state index in [0.717, 1.165) is 28.3 Å². The van der Waals surface area contributed by atoms with Crippen LogP contribution in [0.3, 0.4) is 0 Å². The van der Waals surface area contributed by atoms with E-state index >= 15 is 0 Å². The average molecular weight is 412 g/mol. The molecule has 0 saturated carbocycles. The van der Waals surface area contributed by atoms with Gasteiger partial charge in [0.2, 0.25) is 5.91 Å². The molecular formula is C23H29N3O2S. The summed E-state index contributed by atoms with van der Waals surface area (Å²) < 4.78 is 7.38. The molecule has 1 N–H and O–H groups in total. The highest BCUT2D eigenvalue weighted by molar-refractivity contribution is 8.00. The van der Waals surface area contributed by atoms with Crippen LogP contribution >= 0.6 is 11.8 Å². The molecule has 6 heteroatoms. The van der Waals surface area contributed by atoms with Crippen molar-refractivity contribution in [2.45, 2.75) is 50.1 Å². The van der Waals surface area contributed by atoms with Crippen molar-refractivity contribution in [1.29, 1.82) is 0 Å². The predicted octanol–water partition coefficient (Wildman–Crippen LogP) is 5.32. The molecule has 1 heterocycles. The zero-order valence-corrected chi connectivity index (χ0v) is 18.3. The van der Waals surface area contributed by atoms with Crippen molar-refractivity contribution in [3.63, 3.8) is 0 Å². The van der Waals surface area contributed by atoms with Crippen molar-refractivity contribution >= 4 is 34.4 Å². The van der Waals surface area contributed by atoms with E-state index in [1.54, 1.807) is 7.11 Å². The summed E-state index contributed by atoms with van der Waals surface area (Å²) in [7, 11) is 1.69. The fourth-order valence-electron chi connectivity index (χ4n) is 3.25. The summed E-state index contributed by atoms with van der Waals surface area (Å²) in [6.45, 7) is 7.56. The number of rotatable bonds is 9. The van der Waals surface area contributed by atoms with E-state index in [4.69, 9.17) is 9.72 Å². The molecular weight excluding hydrogens is 382 g/mol. The molecule has 0 bridgehead atoms. The molecule has 29 heavy (non-hydrogen) atoms. The molecule has 2 atom stereocenters. The Bertz CT molecular complexity index is 970. The fourth-order valence-corrected chi connectivity index (χ4v) is 4.20. The van der Waals surface area contributed by atoms with Crippen LogP contribution in [-0.4, -0.2) is 34.4 Å². The number of thioether (sulfide) groups is 1. The smallest absolute Gasteiger partial charge is 0.237 e. The van der Waals surface area contributed by atoms with E-state index < -0.39 is 0 Å². The van der Waals surface area contributed by atoms with Gasteiger partial charge >= 0.3 is 0 Å². The van der Waals surface area contributed by atoms with Crippen LogP contribution in [0.25, 0.3) is 11.0 Å². The lowest BCUT2D eigenvalue weighted by Gasteiger charge is -2.18. The van der Waals surface area contributed by atoms with Gasteiger partial charge in [-0.2, -0.15) is 0 Å². The van der Waals surface area contributed by atoms with Gasteiger partial charge in [0, 0.05) is 19.3 Å². The number of ether oxygens (including phenoxy) is 1. The van der Waals surface area contributed by atoms with Crippen molar-refractivity contribution in [2.24, 2.45) is 0 Å². The molecule has 0 radical (unpaired) electrons. The Kier molecular flexibility index (Phi) is 7.34. The van der Waals surface area contributed by atoms with E-state index in [0.29, 0.717) is 19.1 Å². The van der Waals surface area contributed by atoms with Crippen molar-refractivity contribution in [3.05, 3.63) is 54.1 Å². The van der Waals surface area contributed by atoms with Gasteiger partial charge in [0.05, 0.1) is 22.9 Å². The number of carbonyl (C=O) groups is 1. The number of carbonyl (C=O) groups excluding carboxylic acids is 1. The molecule has 1 amide bonds. The standard InChI is InChI=1S/C23H29N3O2S/c1-5-16(2)18-10-6-7-11-19(18)24-22(27)17(3)29-23-25-20-12-8-9-13-21(20)26(23)14-15-28-4/h6-13,16-17H,5,14-15H2,1-4H3,(H,24,27). The van der Waals surface area contributed by atoms with E-state index in [1.807, 2.05) is 43.3 Å². The molecule has 0 saturated heterocycles. The summed E-state index contributed by atoms with van der Waals surface area (Å²) in [6, 6.07) is 16.1. The Labute approximate surface area is 176 Å². The summed E-state index contributed by atoms with van der Waals surface area (Å²) in [5.74, 6) is 0.379. The van der Waals surface area contributed by atoms with Crippen molar-refractivity contribution in [1.82, 2.24) is 9.55 Å². The first-order chi connectivity index (χ1) is 14.0. The highest BCUT2D eigenvalue weighted by atomic mass is 32.2. The maximum absolute atomic E-state index is 12.9. The molecule has 0 spiro atoms. The lowest BCUT2D eigenvalue weighted by atomic mass is 9.97. The second kappa shape index (κ2) is 9.94. The number of imidazole rings is 1. The lowest BCUT2D eigenvalue weighted by molar-refractivity contribution is -0.115. The average Bonchev–Trinajstić information content (AvgIpc) is 3.08. The number of aromatic nitrogens is 2. The number of hydrogen-bond donors (Lipinski definition) is 1. The van der Waals surface area contributed by atoms with Crippen molar-refractivity contribution in [2.75, 3.05) is 19.0 Å². The van der Waals surface area contributed by atoms with Crippen LogP contribution in [0.5, 0.6) is 0 Å². The molecule has 0 fully saturated rings. The molecule has 2 aromatic carbocycles. The van der Waals surface area contributed by atoms with Crippen LogP contribution in [0.1, 0.15) is 38.7 Å². The molecule has 3 aromatic rings. The molecule has 5 nitrogen and oxygen atoms in total. The third kappa shape index (κ3) is 5.00. The van der Waals surface area contributed by atoms with Crippen LogP contribution in [0.15, 0.2) is 53.7 Å². The number of para-hydroxylation sites is 3. The number of nitrogens with one attached hydrogen (secondary N) is 1. The zero-order valence-electron chi connectivity index (χ0n) is 17.5. The number of hydrogen-bond acceptors (Lipinski definition) is 4. The molecule has 2 unspecified atom stereocenters. The molecule has 154 valence electrons. The van der Waals surface area contributed by atoms with Gasteiger partial charge < -0.3 is 14.6 Å². The SMILES string of the molecule is CCC(C)c1ccccc1NC(=O)C(C)Sc1nc2ccccc2n1CCOC. The number of amides is 1. The summed E-state index contributed by atoms with van der Waals surface area (Å²) in [6.07, 6.45) is 1.03. The number of fused-ring (bicyclic) bond motifs is 1. The molecule has 0 aliphatic carbocycles. The van der Waals surface area contributed by atoms with Gasteiger partial charge in [-0.05, 0) is 43.0 Å². The first-order valence-electron chi connectivity index (χ1n) is 10.1. The van der Waals surface area contributed by atoms with Crippen LogP contribution < -0.4 is 5.32 Å². The summed E-state index contributed by atoms with van der Waals surface area (Å²) in [5.41, 5.74) is 4.06. The van der Waals surface area contributed by atoms with E-state index in [9.17, 15) is 4.79 Å². The Morgan fingerprint density at radius 1 is 1.17 bits per heavy atom. The third-order valence-electron chi connectivity index (χ3n) is 5.15. The normalized spacial score (nSPS) is 13.4. The summed E-state index contributed by atoms with van der Waals surface area (Å²) in [4.78, 5) is 17.7. The number of anilines is 1. The number of nitrogens with zero attached hydrogens (tertiary/aromatic N) is 2. The van der Waals surface area contributed by atoms with Gasteiger partial charge in [0.1, 0.15) is 0 Å². The Morgan fingerprint density at radius 3 is 2.66 bits per heavy atom. The molecule has 1 aromatic heterocycles. The molecule has 0 aliphatic rings. The topological polar surface area (TPSA) is 56.2 Å². The fraction of sp³-hybridized carbons (Fsp3) is 0.391. The second-order valence-electron chi connectivity index (χ2n) is 7.17. The molecule has 3 rings (SSSR count). The van der Waals surface area contributed by atoms with Gasteiger partial charge in [-0.3, -0.25) is 4.79 Å². The third-order valence-corrected chi connectivity index (χ3v) is 6.24. The minimum absolute atomic E-state index is 0.0175. The van der Waals surface area contributed by atoms with E-state index in [1.165, 1.54) is 17.3 Å². The van der Waals surface area contributed by atoms with Crippen LogP contribution in [0.4, 0.5) is 5.69 Å². The first kappa shape index (κ1) is 21.4. The Morgan fingerprint density at radius 2 is 1.90 bits per heavy atom. The number of methoxy groups -OCH3 is 1. The highest BCUT2D eigenvalue weighted by Crippen LogP contribution is 2.30. The Hall–Kier alpha value is -2.31. The molecule has 0 aliphatic heterocycles. The number of benzene rings is 2. The predicted molar refractivity (Wildman–Crippen MR) is 121 cm³/mol. The minimum atomic E-state index is -0.280. The summed E-state index contributed by atoms with van der Waals surface area (Å²) >= 11 is 1.48. The van der Waals surface area contributed by atoms with Crippen LogP contribution in [-0.2, 0) is 16.1 Å². The van der Waals surface area contributed by atoms with Crippen LogP contribution in [0.2, 0.25) is 0 Å². The van der Waals surface area contributed by atoms with Gasteiger partial charge in [-0.25, -0.2) is 4.98 Å². The van der Waals surface area contributed by atoms with Gasteiger partial charge in [-0.1, -0.05) is 55.9 Å². The Balaban J connectivity index is 1.78. The monoisotopic (exact) mass is 411 g/mol. The lowest BCUT2D eigenvalue weighted by Crippen LogP contribution is -2.24. The van der Waals surface area contributed by atoms with Gasteiger partial charge in [0.25, 0.3) is 0 Å². The van der Waals surface area contributed by atoms with E-state index in [-0.39, 0.29) is 11.2 Å². The largest absolute Gasteiger partial charge is 0.383 e. The minimum Gasteiger partial charge on any atom is -0.383 e. The van der Waals surface area contributed by atoms with E-state index in [2.05, 4.69) is 35.9 Å². The highest BCUT2D eigenvalue weighted by Gasteiger charge is 2.21. The zero-order chi connectivity index (χ0) is 20.8. The van der Waals surface area contributed by atoms with Gasteiger partial charge in [-0.15, -0.1) is 0 Å². The van der Waals surface area contributed by atoms with Gasteiger partial charge in [0.15, 0.2) is 5.16 Å². The maximum atomic E-state index is 12.9. The van der Waals surface area contributed by atoms with Crippen molar-refractivity contribution in [3.8, 4) is 0 Å².